The first kappa shape index (κ1) is 15.0. The lowest BCUT2D eigenvalue weighted by Gasteiger charge is -2.35. The highest BCUT2D eigenvalue weighted by Gasteiger charge is 2.23. The quantitative estimate of drug-likeness (QED) is 0.760. The molecule has 0 radical (unpaired) electrons. The maximum Gasteiger partial charge on any atom is 0.0366 e. The summed E-state index contributed by atoms with van der Waals surface area (Å²) < 4.78 is 0. The highest BCUT2D eigenvalue weighted by atomic mass is 15.1. The molecule has 18 heavy (non-hydrogen) atoms. The van der Waals surface area contributed by atoms with Crippen molar-refractivity contribution in [1.82, 2.24) is 0 Å². The molecule has 0 heterocycles. The van der Waals surface area contributed by atoms with Gasteiger partial charge in [0.15, 0.2) is 0 Å². The Morgan fingerprint density at radius 2 is 1.83 bits per heavy atom. The van der Waals surface area contributed by atoms with Gasteiger partial charge in [0.2, 0.25) is 0 Å². The van der Waals surface area contributed by atoms with E-state index in [-0.39, 0.29) is 5.41 Å². The van der Waals surface area contributed by atoms with Gasteiger partial charge in [-0.05, 0) is 36.9 Å². The molecule has 0 amide bonds. The SMILES string of the molecule is CCCCN(CC(C)(CC)CN)c1ccccc1. The number of para-hydroxylation sites is 1. The molecule has 2 N–H and O–H groups in total. The van der Waals surface area contributed by atoms with Crippen molar-refractivity contribution >= 4 is 5.69 Å². The normalized spacial score (nSPS) is 14.2. The number of hydrogen-bond acceptors (Lipinski definition) is 2. The van der Waals surface area contributed by atoms with E-state index in [0.717, 1.165) is 26.1 Å². The summed E-state index contributed by atoms with van der Waals surface area (Å²) in [5.74, 6) is 0. The van der Waals surface area contributed by atoms with Crippen molar-refractivity contribution in [2.24, 2.45) is 11.1 Å². The minimum atomic E-state index is 0.212. The molecule has 2 nitrogen and oxygen atoms in total. The fourth-order valence-corrected chi connectivity index (χ4v) is 2.07. The Morgan fingerprint density at radius 1 is 1.17 bits per heavy atom. The van der Waals surface area contributed by atoms with Crippen molar-refractivity contribution in [3.8, 4) is 0 Å². The van der Waals surface area contributed by atoms with Gasteiger partial charge < -0.3 is 10.6 Å². The number of benzene rings is 1. The van der Waals surface area contributed by atoms with Crippen LogP contribution in [0, 0.1) is 5.41 Å². The zero-order valence-electron chi connectivity index (χ0n) is 12.2. The fourth-order valence-electron chi connectivity index (χ4n) is 2.07. The van der Waals surface area contributed by atoms with Crippen LogP contribution < -0.4 is 10.6 Å². The molecular weight excluding hydrogens is 220 g/mol. The van der Waals surface area contributed by atoms with Crippen LogP contribution in [0.15, 0.2) is 30.3 Å². The second-order valence-electron chi connectivity index (χ2n) is 5.48. The van der Waals surface area contributed by atoms with Crippen molar-refractivity contribution < 1.29 is 0 Å². The molecule has 0 aliphatic heterocycles. The van der Waals surface area contributed by atoms with Crippen LogP contribution in [0.2, 0.25) is 0 Å². The van der Waals surface area contributed by atoms with Gasteiger partial charge in [0.05, 0.1) is 0 Å². The first-order chi connectivity index (χ1) is 8.65. The van der Waals surface area contributed by atoms with E-state index in [2.05, 4.69) is 56.0 Å². The van der Waals surface area contributed by atoms with E-state index in [1.807, 2.05) is 0 Å². The third kappa shape index (κ3) is 4.34. The molecule has 0 saturated heterocycles. The summed E-state index contributed by atoms with van der Waals surface area (Å²) in [6, 6.07) is 10.7. The van der Waals surface area contributed by atoms with Crippen LogP contribution >= 0.6 is 0 Å². The second kappa shape index (κ2) is 7.42. The number of unbranched alkanes of at least 4 members (excludes halogenated alkanes) is 1. The molecule has 1 aromatic carbocycles. The van der Waals surface area contributed by atoms with Gasteiger partial charge in [0.1, 0.15) is 0 Å². The smallest absolute Gasteiger partial charge is 0.0366 e. The van der Waals surface area contributed by atoms with E-state index in [1.165, 1.54) is 18.5 Å². The number of nitrogens with two attached hydrogens (primary N) is 1. The van der Waals surface area contributed by atoms with Crippen LogP contribution in [0.1, 0.15) is 40.0 Å². The van der Waals surface area contributed by atoms with Crippen molar-refractivity contribution in [3.05, 3.63) is 30.3 Å². The summed E-state index contributed by atoms with van der Waals surface area (Å²) in [4.78, 5) is 2.49. The lowest BCUT2D eigenvalue weighted by molar-refractivity contribution is 0.323. The van der Waals surface area contributed by atoms with E-state index >= 15 is 0 Å². The molecule has 102 valence electrons. The Bertz CT molecular complexity index is 317. The van der Waals surface area contributed by atoms with Crippen molar-refractivity contribution in [1.29, 1.82) is 0 Å². The van der Waals surface area contributed by atoms with Crippen LogP contribution in [0.4, 0.5) is 5.69 Å². The first-order valence-electron chi connectivity index (χ1n) is 7.15. The van der Waals surface area contributed by atoms with E-state index in [9.17, 15) is 0 Å². The highest BCUT2D eigenvalue weighted by Crippen LogP contribution is 2.25. The number of rotatable bonds is 8. The molecule has 1 rings (SSSR count). The van der Waals surface area contributed by atoms with Crippen LogP contribution in [-0.2, 0) is 0 Å². The molecule has 0 fully saturated rings. The molecule has 0 bridgehead atoms. The fraction of sp³-hybridized carbons (Fsp3) is 0.625. The van der Waals surface area contributed by atoms with Crippen LogP contribution in [0.5, 0.6) is 0 Å². The van der Waals surface area contributed by atoms with Gasteiger partial charge in [-0.3, -0.25) is 0 Å². The molecule has 0 aliphatic rings. The molecule has 2 heteroatoms. The van der Waals surface area contributed by atoms with Gasteiger partial charge in [-0.2, -0.15) is 0 Å². The largest absolute Gasteiger partial charge is 0.371 e. The minimum absolute atomic E-state index is 0.212. The monoisotopic (exact) mass is 248 g/mol. The average molecular weight is 248 g/mol. The predicted octanol–water partition coefficient (Wildman–Crippen LogP) is 3.67. The molecule has 1 unspecified atom stereocenters. The summed E-state index contributed by atoms with van der Waals surface area (Å²) in [6.07, 6.45) is 3.59. The third-order valence-electron chi connectivity index (χ3n) is 3.82. The van der Waals surface area contributed by atoms with Crippen molar-refractivity contribution in [3.63, 3.8) is 0 Å². The van der Waals surface area contributed by atoms with E-state index in [4.69, 9.17) is 5.73 Å². The first-order valence-corrected chi connectivity index (χ1v) is 7.15. The van der Waals surface area contributed by atoms with E-state index < -0.39 is 0 Å². The zero-order chi connectivity index (χ0) is 13.4. The van der Waals surface area contributed by atoms with E-state index in [1.54, 1.807) is 0 Å². The van der Waals surface area contributed by atoms with Gasteiger partial charge >= 0.3 is 0 Å². The topological polar surface area (TPSA) is 29.3 Å². The van der Waals surface area contributed by atoms with Crippen molar-refractivity contribution in [2.45, 2.75) is 40.0 Å². The highest BCUT2D eigenvalue weighted by molar-refractivity contribution is 5.46. The molecule has 1 aromatic rings. The Balaban J connectivity index is 2.79. The van der Waals surface area contributed by atoms with Crippen molar-refractivity contribution in [2.75, 3.05) is 24.5 Å². The van der Waals surface area contributed by atoms with Crippen LogP contribution in [0.3, 0.4) is 0 Å². The maximum absolute atomic E-state index is 5.95. The summed E-state index contributed by atoms with van der Waals surface area (Å²) in [5, 5.41) is 0. The predicted molar refractivity (Wildman–Crippen MR) is 81.0 cm³/mol. The second-order valence-corrected chi connectivity index (χ2v) is 5.48. The van der Waals surface area contributed by atoms with Gasteiger partial charge in [0, 0.05) is 18.8 Å². The van der Waals surface area contributed by atoms with Gasteiger partial charge in [0.25, 0.3) is 0 Å². The summed E-state index contributed by atoms with van der Waals surface area (Å²) in [6.45, 7) is 9.68. The number of hydrogen-bond donors (Lipinski definition) is 1. The minimum Gasteiger partial charge on any atom is -0.371 e. The van der Waals surface area contributed by atoms with E-state index in [0.29, 0.717) is 0 Å². The summed E-state index contributed by atoms with van der Waals surface area (Å²) in [5.41, 5.74) is 7.48. The maximum atomic E-state index is 5.95. The zero-order valence-corrected chi connectivity index (χ0v) is 12.2. The average Bonchev–Trinajstić information content (AvgIpc) is 2.44. The Labute approximate surface area is 112 Å². The van der Waals surface area contributed by atoms with Gasteiger partial charge in [-0.25, -0.2) is 0 Å². The third-order valence-corrected chi connectivity index (χ3v) is 3.82. The lowest BCUT2D eigenvalue weighted by Crippen LogP contribution is -2.41. The van der Waals surface area contributed by atoms with Gasteiger partial charge in [-0.15, -0.1) is 0 Å². The lowest BCUT2D eigenvalue weighted by atomic mass is 9.87. The Morgan fingerprint density at radius 3 is 2.33 bits per heavy atom. The standard InChI is InChI=1S/C16H28N2/c1-4-6-12-18(14-16(3,5-2)13-17)15-10-8-7-9-11-15/h7-11H,4-6,12-14,17H2,1-3H3. The number of nitrogens with zero attached hydrogens (tertiary/aromatic N) is 1. The molecule has 0 aliphatic carbocycles. The summed E-state index contributed by atoms with van der Waals surface area (Å²) in [7, 11) is 0. The molecule has 1 atom stereocenters. The number of anilines is 1. The van der Waals surface area contributed by atoms with Crippen LogP contribution in [0.25, 0.3) is 0 Å². The molecule has 0 spiro atoms. The molecule has 0 aromatic heterocycles. The summed E-state index contributed by atoms with van der Waals surface area (Å²) >= 11 is 0. The molecular formula is C16H28N2. The van der Waals surface area contributed by atoms with Crippen LogP contribution in [-0.4, -0.2) is 19.6 Å². The Hall–Kier alpha value is -1.02. The Kier molecular flexibility index (Phi) is 6.20. The van der Waals surface area contributed by atoms with Gasteiger partial charge in [-0.1, -0.05) is 45.4 Å². The molecule has 0 saturated carbocycles.